The predicted molar refractivity (Wildman–Crippen MR) is 82.0 cm³/mol. The molecular weight excluding hydrogens is 292 g/mol. The Kier molecular flexibility index (Phi) is 7.10. The summed E-state index contributed by atoms with van der Waals surface area (Å²) in [6.07, 6.45) is 0. The summed E-state index contributed by atoms with van der Waals surface area (Å²) >= 11 is 0. The molecule has 1 unspecified atom stereocenters. The minimum atomic E-state index is -3.57. The van der Waals surface area contributed by atoms with Gasteiger partial charge in [0.2, 0.25) is 10.0 Å². The van der Waals surface area contributed by atoms with Crippen LogP contribution in [-0.4, -0.2) is 41.8 Å². The van der Waals surface area contributed by atoms with Gasteiger partial charge in [-0.25, -0.2) is 13.1 Å². The number of hydrogen-bond acceptors (Lipinski definition) is 5. The second-order valence-electron chi connectivity index (χ2n) is 4.71. The quantitative estimate of drug-likeness (QED) is 0.714. The average Bonchev–Trinajstić information content (AvgIpc) is 2.40. The Balaban J connectivity index is 3.04. The van der Waals surface area contributed by atoms with Crippen LogP contribution in [0.1, 0.15) is 19.4 Å². The molecule has 0 bridgehead atoms. The van der Waals surface area contributed by atoms with Gasteiger partial charge in [-0.1, -0.05) is 0 Å². The molecule has 1 rings (SSSR count). The van der Waals surface area contributed by atoms with Gasteiger partial charge in [0.25, 0.3) is 0 Å². The zero-order valence-electron chi connectivity index (χ0n) is 13.0. The van der Waals surface area contributed by atoms with Crippen molar-refractivity contribution in [3.63, 3.8) is 0 Å². The SMILES string of the molecule is CCOc1ccc(S(=O)(=O)NC(C)COC)cc1CNC. The lowest BCUT2D eigenvalue weighted by Gasteiger charge is -2.15. The number of sulfonamides is 1. The summed E-state index contributed by atoms with van der Waals surface area (Å²) in [6.45, 7) is 5.03. The van der Waals surface area contributed by atoms with Crippen molar-refractivity contribution in [3.8, 4) is 5.75 Å². The van der Waals surface area contributed by atoms with Crippen LogP contribution < -0.4 is 14.8 Å². The van der Waals surface area contributed by atoms with Crippen LogP contribution in [0.4, 0.5) is 0 Å². The first-order valence-corrected chi connectivity index (χ1v) is 8.34. The molecular formula is C14H24N2O4S. The third-order valence-corrected chi connectivity index (χ3v) is 4.37. The molecule has 0 aliphatic carbocycles. The fraction of sp³-hybridized carbons (Fsp3) is 0.571. The fourth-order valence-electron chi connectivity index (χ4n) is 1.96. The van der Waals surface area contributed by atoms with Crippen molar-refractivity contribution in [2.45, 2.75) is 31.3 Å². The molecule has 6 nitrogen and oxygen atoms in total. The number of hydrogen-bond donors (Lipinski definition) is 2. The van der Waals surface area contributed by atoms with E-state index in [1.165, 1.54) is 7.11 Å². The highest BCUT2D eigenvalue weighted by molar-refractivity contribution is 7.89. The smallest absolute Gasteiger partial charge is 0.240 e. The lowest BCUT2D eigenvalue weighted by molar-refractivity contribution is 0.180. The van der Waals surface area contributed by atoms with Crippen LogP contribution in [0.2, 0.25) is 0 Å². The summed E-state index contributed by atoms with van der Waals surface area (Å²) in [5, 5.41) is 3.01. The van der Waals surface area contributed by atoms with E-state index >= 15 is 0 Å². The van der Waals surface area contributed by atoms with Crippen LogP contribution in [0.3, 0.4) is 0 Å². The van der Waals surface area contributed by atoms with Crippen LogP contribution in [0.5, 0.6) is 5.75 Å². The van der Waals surface area contributed by atoms with Gasteiger partial charge in [0, 0.05) is 25.3 Å². The van der Waals surface area contributed by atoms with E-state index in [1.807, 2.05) is 6.92 Å². The zero-order valence-corrected chi connectivity index (χ0v) is 13.8. The minimum absolute atomic E-state index is 0.221. The second-order valence-corrected chi connectivity index (χ2v) is 6.42. The van der Waals surface area contributed by atoms with E-state index in [0.29, 0.717) is 25.5 Å². The molecule has 0 amide bonds. The normalized spacial score (nSPS) is 13.1. The molecule has 0 radical (unpaired) electrons. The molecule has 1 atom stereocenters. The molecule has 0 aliphatic rings. The summed E-state index contributed by atoms with van der Waals surface area (Å²) in [6, 6.07) is 4.57. The van der Waals surface area contributed by atoms with E-state index in [-0.39, 0.29) is 10.9 Å². The summed E-state index contributed by atoms with van der Waals surface area (Å²) in [4.78, 5) is 0.221. The summed E-state index contributed by atoms with van der Waals surface area (Å²) in [5.74, 6) is 0.690. The average molecular weight is 316 g/mol. The Morgan fingerprint density at radius 2 is 2.05 bits per heavy atom. The van der Waals surface area contributed by atoms with Crippen LogP contribution in [-0.2, 0) is 21.3 Å². The number of nitrogens with one attached hydrogen (secondary N) is 2. The van der Waals surface area contributed by atoms with Crippen molar-refractivity contribution in [3.05, 3.63) is 23.8 Å². The Hall–Kier alpha value is -1.15. The third-order valence-electron chi connectivity index (χ3n) is 2.78. The molecule has 120 valence electrons. The maximum atomic E-state index is 12.3. The summed E-state index contributed by atoms with van der Waals surface area (Å²) in [5.41, 5.74) is 0.807. The standard InChI is InChI=1S/C14H24N2O4S/c1-5-20-14-7-6-13(8-12(14)9-15-3)21(17,18)16-11(2)10-19-4/h6-8,11,15-16H,5,9-10H2,1-4H3. The van der Waals surface area contributed by atoms with E-state index in [1.54, 1.807) is 32.2 Å². The number of benzene rings is 1. The summed E-state index contributed by atoms with van der Waals surface area (Å²) < 4.78 is 37.7. The predicted octanol–water partition coefficient (Wildman–Crippen LogP) is 1.12. The van der Waals surface area contributed by atoms with Crippen molar-refractivity contribution in [2.24, 2.45) is 0 Å². The van der Waals surface area contributed by atoms with E-state index < -0.39 is 10.0 Å². The van der Waals surface area contributed by atoms with Crippen molar-refractivity contribution in [1.29, 1.82) is 0 Å². The van der Waals surface area contributed by atoms with Crippen LogP contribution in [0, 0.1) is 0 Å². The minimum Gasteiger partial charge on any atom is -0.494 e. The van der Waals surface area contributed by atoms with Crippen molar-refractivity contribution >= 4 is 10.0 Å². The molecule has 0 fully saturated rings. The van der Waals surface area contributed by atoms with Gasteiger partial charge in [0.05, 0.1) is 18.1 Å². The molecule has 0 aliphatic heterocycles. The van der Waals surface area contributed by atoms with Crippen molar-refractivity contribution < 1.29 is 17.9 Å². The van der Waals surface area contributed by atoms with Gasteiger partial charge in [-0.15, -0.1) is 0 Å². The van der Waals surface area contributed by atoms with E-state index in [2.05, 4.69) is 10.0 Å². The first-order chi connectivity index (χ1) is 9.94. The van der Waals surface area contributed by atoms with Gasteiger partial charge in [0.15, 0.2) is 0 Å². The van der Waals surface area contributed by atoms with Crippen LogP contribution in [0.15, 0.2) is 23.1 Å². The van der Waals surface area contributed by atoms with Gasteiger partial charge in [-0.05, 0) is 39.1 Å². The zero-order chi connectivity index (χ0) is 15.9. The highest BCUT2D eigenvalue weighted by atomic mass is 32.2. The number of ether oxygens (including phenoxy) is 2. The molecule has 2 N–H and O–H groups in total. The highest BCUT2D eigenvalue weighted by Gasteiger charge is 2.19. The maximum Gasteiger partial charge on any atom is 0.240 e. The fourth-order valence-corrected chi connectivity index (χ4v) is 3.24. The van der Waals surface area contributed by atoms with Gasteiger partial charge in [0.1, 0.15) is 5.75 Å². The molecule has 0 aromatic heterocycles. The first kappa shape index (κ1) is 17.9. The molecule has 1 aromatic carbocycles. The third kappa shape index (κ3) is 5.28. The van der Waals surface area contributed by atoms with E-state index in [9.17, 15) is 8.42 Å². The van der Waals surface area contributed by atoms with Gasteiger partial charge < -0.3 is 14.8 Å². The molecule has 0 saturated heterocycles. The van der Waals surface area contributed by atoms with Crippen LogP contribution >= 0.6 is 0 Å². The lowest BCUT2D eigenvalue weighted by atomic mass is 10.2. The Morgan fingerprint density at radius 3 is 2.62 bits per heavy atom. The summed E-state index contributed by atoms with van der Waals surface area (Å²) in [7, 11) is -0.232. The van der Waals surface area contributed by atoms with Gasteiger partial charge >= 0.3 is 0 Å². The Morgan fingerprint density at radius 1 is 1.33 bits per heavy atom. The molecule has 0 saturated carbocycles. The maximum absolute atomic E-state index is 12.3. The number of methoxy groups -OCH3 is 1. The van der Waals surface area contributed by atoms with Gasteiger partial charge in [-0.2, -0.15) is 0 Å². The van der Waals surface area contributed by atoms with E-state index in [0.717, 1.165) is 5.56 Å². The van der Waals surface area contributed by atoms with E-state index in [4.69, 9.17) is 9.47 Å². The lowest BCUT2D eigenvalue weighted by Crippen LogP contribution is -2.35. The van der Waals surface area contributed by atoms with Crippen LogP contribution in [0.25, 0.3) is 0 Å². The molecule has 0 heterocycles. The molecule has 0 spiro atoms. The second kappa shape index (κ2) is 8.33. The first-order valence-electron chi connectivity index (χ1n) is 6.86. The molecule has 7 heteroatoms. The number of rotatable bonds is 9. The van der Waals surface area contributed by atoms with Gasteiger partial charge in [-0.3, -0.25) is 0 Å². The molecule has 1 aromatic rings. The molecule has 21 heavy (non-hydrogen) atoms. The van der Waals surface area contributed by atoms with Crippen molar-refractivity contribution in [1.82, 2.24) is 10.0 Å². The topological polar surface area (TPSA) is 76.7 Å². The Bertz CT molecular complexity index is 546. The monoisotopic (exact) mass is 316 g/mol. The van der Waals surface area contributed by atoms with Crippen molar-refractivity contribution in [2.75, 3.05) is 27.4 Å². The Labute approximate surface area is 126 Å². The largest absolute Gasteiger partial charge is 0.494 e. The highest BCUT2D eigenvalue weighted by Crippen LogP contribution is 2.23.